The molecule has 2 N–H and O–H groups in total. The van der Waals surface area contributed by atoms with Gasteiger partial charge in [0.2, 0.25) is 0 Å². The molecule has 1 aliphatic heterocycles. The van der Waals surface area contributed by atoms with E-state index >= 15 is 0 Å². The number of pyridine rings is 1. The monoisotopic (exact) mass is 275 g/mol. The molecule has 0 spiro atoms. The molecule has 0 aliphatic carbocycles. The molecule has 0 bridgehead atoms. The number of aromatic nitrogens is 1. The molecule has 2 heterocycles. The third kappa shape index (κ3) is 2.99. The van der Waals surface area contributed by atoms with E-state index in [1.807, 2.05) is 19.2 Å². The quantitative estimate of drug-likeness (QED) is 0.902. The van der Waals surface area contributed by atoms with E-state index < -0.39 is 0 Å². The van der Waals surface area contributed by atoms with Crippen LogP contribution in [0.15, 0.2) is 36.5 Å². The van der Waals surface area contributed by atoms with E-state index in [-0.39, 0.29) is 12.4 Å². The highest BCUT2D eigenvalue weighted by Crippen LogP contribution is 2.26. The topological polar surface area (TPSA) is 37.0 Å². The van der Waals surface area contributed by atoms with Crippen molar-refractivity contribution in [2.75, 3.05) is 17.2 Å². The van der Waals surface area contributed by atoms with Crippen molar-refractivity contribution in [1.29, 1.82) is 0 Å². The number of benzene rings is 1. The Hall–Kier alpha value is -1.74. The summed E-state index contributed by atoms with van der Waals surface area (Å²) in [7, 11) is 0. The van der Waals surface area contributed by atoms with Crippen molar-refractivity contribution in [2.45, 2.75) is 19.9 Å². The summed E-state index contributed by atoms with van der Waals surface area (Å²) in [5.74, 6) is 0. The highest BCUT2D eigenvalue weighted by molar-refractivity contribution is 5.85. The van der Waals surface area contributed by atoms with E-state index in [0.717, 1.165) is 30.9 Å². The lowest BCUT2D eigenvalue weighted by atomic mass is 10.1. The first kappa shape index (κ1) is 13.7. The van der Waals surface area contributed by atoms with Crippen molar-refractivity contribution in [3.8, 4) is 0 Å². The van der Waals surface area contributed by atoms with Gasteiger partial charge in [-0.05, 0) is 36.6 Å². The maximum atomic E-state index is 4.29. The fourth-order valence-corrected chi connectivity index (χ4v) is 2.33. The Labute approximate surface area is 119 Å². The number of hydrogen-bond acceptors (Lipinski definition) is 3. The van der Waals surface area contributed by atoms with Gasteiger partial charge in [-0.25, -0.2) is 0 Å². The Balaban J connectivity index is 0.00000133. The van der Waals surface area contributed by atoms with Crippen molar-refractivity contribution in [1.82, 2.24) is 4.98 Å². The maximum absolute atomic E-state index is 4.29. The van der Waals surface area contributed by atoms with Gasteiger partial charge in [-0.2, -0.15) is 0 Å². The van der Waals surface area contributed by atoms with Crippen LogP contribution in [0.5, 0.6) is 0 Å². The summed E-state index contributed by atoms with van der Waals surface area (Å²) in [6, 6.07) is 10.6. The van der Waals surface area contributed by atoms with Gasteiger partial charge in [-0.3, -0.25) is 4.98 Å². The fraction of sp³-hybridized carbons (Fsp3) is 0.267. The smallest absolute Gasteiger partial charge is 0.0529 e. The zero-order chi connectivity index (χ0) is 12.4. The van der Waals surface area contributed by atoms with Crippen LogP contribution in [-0.2, 0) is 13.0 Å². The second-order valence-corrected chi connectivity index (χ2v) is 4.67. The summed E-state index contributed by atoms with van der Waals surface area (Å²) in [6.07, 6.45) is 3.02. The third-order valence-corrected chi connectivity index (χ3v) is 3.33. The predicted molar refractivity (Wildman–Crippen MR) is 82.2 cm³/mol. The average molecular weight is 276 g/mol. The standard InChI is InChI=1S/C15H17N3.ClH/c1-11-5-6-14(10-17-11)18-9-13-4-2-3-12-7-8-16-15(12)13;/h2-6,10,16,18H,7-9H2,1H3;1H. The Bertz CT molecular complexity index is 552. The molecule has 3 nitrogen and oxygen atoms in total. The summed E-state index contributed by atoms with van der Waals surface area (Å²) in [5, 5.41) is 6.87. The molecule has 0 amide bonds. The summed E-state index contributed by atoms with van der Waals surface area (Å²) in [4.78, 5) is 4.29. The van der Waals surface area contributed by atoms with Crippen LogP contribution in [0.3, 0.4) is 0 Å². The van der Waals surface area contributed by atoms with Gasteiger partial charge in [0, 0.05) is 24.5 Å². The molecule has 3 rings (SSSR count). The SMILES string of the molecule is Cc1ccc(NCc2cccc3c2NCC3)cn1.Cl. The van der Waals surface area contributed by atoms with Gasteiger partial charge >= 0.3 is 0 Å². The molecule has 1 aromatic carbocycles. The number of halogens is 1. The minimum atomic E-state index is 0. The van der Waals surface area contributed by atoms with Crippen LogP contribution >= 0.6 is 12.4 Å². The molecule has 4 heteroatoms. The fourth-order valence-electron chi connectivity index (χ4n) is 2.33. The molecule has 0 atom stereocenters. The van der Waals surface area contributed by atoms with Crippen LogP contribution in [0.25, 0.3) is 0 Å². The summed E-state index contributed by atoms with van der Waals surface area (Å²) >= 11 is 0. The Morgan fingerprint density at radius 3 is 2.95 bits per heavy atom. The third-order valence-electron chi connectivity index (χ3n) is 3.33. The minimum Gasteiger partial charge on any atom is -0.384 e. The Kier molecular flexibility index (Phi) is 4.27. The van der Waals surface area contributed by atoms with Crippen molar-refractivity contribution < 1.29 is 0 Å². The van der Waals surface area contributed by atoms with Gasteiger partial charge in [0.25, 0.3) is 0 Å². The van der Waals surface area contributed by atoms with Crippen LogP contribution in [0.2, 0.25) is 0 Å². The van der Waals surface area contributed by atoms with E-state index in [2.05, 4.69) is 39.9 Å². The summed E-state index contributed by atoms with van der Waals surface area (Å²) in [5.41, 5.74) is 6.17. The first-order chi connectivity index (χ1) is 8.83. The van der Waals surface area contributed by atoms with Crippen LogP contribution < -0.4 is 10.6 Å². The van der Waals surface area contributed by atoms with Crippen molar-refractivity contribution >= 4 is 23.8 Å². The maximum Gasteiger partial charge on any atom is 0.0529 e. The zero-order valence-corrected chi connectivity index (χ0v) is 11.8. The normalized spacial score (nSPS) is 12.3. The lowest BCUT2D eigenvalue weighted by Crippen LogP contribution is -2.03. The minimum absolute atomic E-state index is 0. The molecule has 0 fully saturated rings. The van der Waals surface area contributed by atoms with Crippen LogP contribution in [0.1, 0.15) is 16.8 Å². The molecule has 2 aromatic rings. The molecule has 0 saturated heterocycles. The number of fused-ring (bicyclic) bond motifs is 1. The lowest BCUT2D eigenvalue weighted by molar-refractivity contribution is 1.11. The van der Waals surface area contributed by atoms with E-state index in [1.54, 1.807) is 0 Å². The molecular formula is C15H18ClN3. The predicted octanol–water partition coefficient (Wildman–Crippen LogP) is 3.39. The first-order valence-electron chi connectivity index (χ1n) is 6.34. The summed E-state index contributed by atoms with van der Waals surface area (Å²) < 4.78 is 0. The number of anilines is 2. The molecule has 0 unspecified atom stereocenters. The van der Waals surface area contributed by atoms with Gasteiger partial charge in [-0.15, -0.1) is 12.4 Å². The van der Waals surface area contributed by atoms with Crippen LogP contribution in [0, 0.1) is 6.92 Å². The lowest BCUT2D eigenvalue weighted by Gasteiger charge is -2.11. The van der Waals surface area contributed by atoms with E-state index in [1.165, 1.54) is 16.8 Å². The van der Waals surface area contributed by atoms with Crippen molar-refractivity contribution in [3.63, 3.8) is 0 Å². The first-order valence-corrected chi connectivity index (χ1v) is 6.34. The number of rotatable bonds is 3. The number of nitrogens with zero attached hydrogens (tertiary/aromatic N) is 1. The second-order valence-electron chi connectivity index (χ2n) is 4.67. The summed E-state index contributed by atoms with van der Waals surface area (Å²) in [6.45, 7) is 3.89. The van der Waals surface area contributed by atoms with Gasteiger partial charge in [0.15, 0.2) is 0 Å². The van der Waals surface area contributed by atoms with E-state index in [0.29, 0.717) is 0 Å². The van der Waals surface area contributed by atoms with Crippen molar-refractivity contribution in [3.05, 3.63) is 53.3 Å². The van der Waals surface area contributed by atoms with Gasteiger partial charge in [-0.1, -0.05) is 18.2 Å². The number of hydrogen-bond donors (Lipinski definition) is 2. The Morgan fingerprint density at radius 1 is 1.26 bits per heavy atom. The van der Waals surface area contributed by atoms with Crippen LogP contribution in [-0.4, -0.2) is 11.5 Å². The van der Waals surface area contributed by atoms with Gasteiger partial charge in [0.1, 0.15) is 0 Å². The average Bonchev–Trinajstić information content (AvgIpc) is 2.87. The number of nitrogens with one attached hydrogen (secondary N) is 2. The number of aryl methyl sites for hydroxylation is 1. The zero-order valence-electron chi connectivity index (χ0n) is 10.9. The molecular weight excluding hydrogens is 258 g/mol. The molecule has 1 aromatic heterocycles. The Morgan fingerprint density at radius 2 is 2.16 bits per heavy atom. The molecule has 0 saturated carbocycles. The molecule has 19 heavy (non-hydrogen) atoms. The molecule has 1 aliphatic rings. The van der Waals surface area contributed by atoms with E-state index in [4.69, 9.17) is 0 Å². The second kappa shape index (κ2) is 5.93. The highest BCUT2D eigenvalue weighted by atomic mass is 35.5. The van der Waals surface area contributed by atoms with Crippen LogP contribution in [0.4, 0.5) is 11.4 Å². The van der Waals surface area contributed by atoms with Gasteiger partial charge in [0.05, 0.1) is 11.9 Å². The van der Waals surface area contributed by atoms with Crippen molar-refractivity contribution in [2.24, 2.45) is 0 Å². The molecule has 100 valence electrons. The van der Waals surface area contributed by atoms with Gasteiger partial charge < -0.3 is 10.6 Å². The largest absolute Gasteiger partial charge is 0.384 e. The highest BCUT2D eigenvalue weighted by Gasteiger charge is 2.12. The number of para-hydroxylation sites is 1. The van der Waals surface area contributed by atoms with E-state index in [9.17, 15) is 0 Å². The molecule has 0 radical (unpaired) electrons.